The number of carboxylic acid groups (broad SMARTS) is 1. The van der Waals surface area contributed by atoms with E-state index in [4.69, 9.17) is 5.11 Å². The highest BCUT2D eigenvalue weighted by atomic mass is 32.2. The number of carboxylic acids is 1. The van der Waals surface area contributed by atoms with Crippen molar-refractivity contribution in [3.8, 4) is 11.1 Å². The van der Waals surface area contributed by atoms with Crippen LogP contribution in [-0.4, -0.2) is 37.4 Å². The fraction of sp³-hybridized carbons (Fsp3) is 0.263. The molecule has 2 aromatic carbocycles. The molecule has 0 atom stereocenters. The molecule has 156 valence electrons. The predicted molar refractivity (Wildman–Crippen MR) is 98.1 cm³/mol. The van der Waals surface area contributed by atoms with Crippen molar-refractivity contribution < 1.29 is 40.5 Å². The number of carbonyl (C=O) groups is 2. The van der Waals surface area contributed by atoms with Gasteiger partial charge in [0.1, 0.15) is 0 Å². The molecule has 0 aromatic heterocycles. The maximum absolute atomic E-state index is 11.7. The molecule has 0 bridgehead atoms. The van der Waals surface area contributed by atoms with E-state index < -0.39 is 28.2 Å². The Morgan fingerprint density at radius 1 is 1.10 bits per heavy atom. The largest absolute Gasteiger partial charge is 0.523 e. The van der Waals surface area contributed by atoms with E-state index in [9.17, 15) is 31.2 Å². The van der Waals surface area contributed by atoms with Crippen molar-refractivity contribution in [1.82, 2.24) is 0 Å². The van der Waals surface area contributed by atoms with Gasteiger partial charge in [0.25, 0.3) is 0 Å². The molecule has 0 spiro atoms. The number of rotatable bonds is 4. The van der Waals surface area contributed by atoms with Gasteiger partial charge in [0.15, 0.2) is 5.78 Å². The van der Waals surface area contributed by atoms with Gasteiger partial charge < -0.3 is 5.11 Å². The number of fused-ring (bicyclic) bond motifs is 1. The molecule has 2 aromatic rings. The average Bonchev–Trinajstić information content (AvgIpc) is 3.02. The molecule has 0 heterocycles. The van der Waals surface area contributed by atoms with Gasteiger partial charge in [-0.25, -0.2) is 4.79 Å². The normalized spacial score (nSPS) is 13.4. The molecule has 6 nitrogen and oxygen atoms in total. The molecule has 0 fully saturated rings. The number of halogens is 3. The maximum Gasteiger partial charge on any atom is 0.523 e. The molecule has 1 N–H and O–H groups in total. The molecule has 0 amide bonds. The van der Waals surface area contributed by atoms with E-state index >= 15 is 0 Å². The summed E-state index contributed by atoms with van der Waals surface area (Å²) in [5.41, 5.74) is -1.48. The number of hydrogen-bond donors (Lipinski definition) is 1. The number of alkyl halides is 3. The zero-order chi connectivity index (χ0) is 21.8. The first-order chi connectivity index (χ1) is 13.5. The van der Waals surface area contributed by atoms with Crippen LogP contribution in [0.15, 0.2) is 42.5 Å². The minimum atomic E-state index is -5.35. The van der Waals surface area contributed by atoms with Gasteiger partial charge in [-0.2, -0.15) is 21.6 Å². The Bertz CT molecular complexity index is 1030. The van der Waals surface area contributed by atoms with Crippen LogP contribution in [0.3, 0.4) is 0 Å². The Balaban J connectivity index is 0.000000257. The van der Waals surface area contributed by atoms with E-state index in [2.05, 4.69) is 4.18 Å². The second-order valence-electron chi connectivity index (χ2n) is 5.99. The summed E-state index contributed by atoms with van der Waals surface area (Å²) in [6.45, 7) is 0.644. The smallest absolute Gasteiger partial charge is 0.478 e. The second-order valence-corrected chi connectivity index (χ2v) is 7.59. The summed E-state index contributed by atoms with van der Waals surface area (Å²) in [7, 11) is -5.35. The van der Waals surface area contributed by atoms with E-state index in [1.54, 1.807) is 18.2 Å². The average molecular weight is 430 g/mol. The summed E-state index contributed by atoms with van der Waals surface area (Å²) < 4.78 is 57.2. The number of aromatic carboxylic acids is 1. The number of hydrogen-bond acceptors (Lipinski definition) is 5. The monoisotopic (exact) mass is 430 g/mol. The molecule has 29 heavy (non-hydrogen) atoms. The highest BCUT2D eigenvalue weighted by Crippen LogP contribution is 2.28. The molecule has 1 aliphatic carbocycles. The highest BCUT2D eigenvalue weighted by Gasteiger charge is 2.46. The lowest BCUT2D eigenvalue weighted by molar-refractivity contribution is -0.0539. The third-order valence-corrected chi connectivity index (χ3v) is 5.14. The van der Waals surface area contributed by atoms with Crippen molar-refractivity contribution >= 4 is 21.9 Å². The van der Waals surface area contributed by atoms with E-state index in [0.29, 0.717) is 6.42 Å². The van der Waals surface area contributed by atoms with Crippen LogP contribution in [0, 0.1) is 0 Å². The van der Waals surface area contributed by atoms with Crippen LogP contribution in [0.4, 0.5) is 13.2 Å². The van der Waals surface area contributed by atoms with Crippen LogP contribution in [-0.2, 0) is 20.7 Å². The third-order valence-electron chi connectivity index (χ3n) is 4.03. The molecular formula is C19H17F3O6S. The zero-order valence-electron chi connectivity index (χ0n) is 15.2. The molecule has 0 radical (unpaired) electrons. The van der Waals surface area contributed by atoms with Crippen LogP contribution in [0.1, 0.15) is 39.6 Å². The lowest BCUT2D eigenvalue weighted by Gasteiger charge is -2.05. The van der Waals surface area contributed by atoms with Crippen molar-refractivity contribution in [2.75, 3.05) is 6.61 Å². The lowest BCUT2D eigenvalue weighted by atomic mass is 9.99. The summed E-state index contributed by atoms with van der Waals surface area (Å²) in [4.78, 5) is 22.7. The molecule has 1 aliphatic rings. The Kier molecular flexibility index (Phi) is 6.81. The number of aryl methyl sites for hydroxylation is 1. The minimum Gasteiger partial charge on any atom is -0.478 e. The third kappa shape index (κ3) is 5.42. The fourth-order valence-electron chi connectivity index (χ4n) is 2.67. The van der Waals surface area contributed by atoms with Gasteiger partial charge in [-0.15, -0.1) is 0 Å². The summed E-state index contributed by atoms with van der Waals surface area (Å²) >= 11 is 0. The molecule has 0 aliphatic heterocycles. The summed E-state index contributed by atoms with van der Waals surface area (Å²) in [5.74, 6) is -0.773. The first-order valence-electron chi connectivity index (χ1n) is 8.42. The number of carbonyl (C=O) groups excluding carboxylic acids is 1. The van der Waals surface area contributed by atoms with Gasteiger partial charge >= 0.3 is 21.6 Å². The predicted octanol–water partition coefficient (Wildman–Crippen LogP) is 4.05. The van der Waals surface area contributed by atoms with Gasteiger partial charge in [0.05, 0.1) is 12.2 Å². The lowest BCUT2D eigenvalue weighted by Crippen LogP contribution is -2.25. The molecular weight excluding hydrogens is 413 g/mol. The van der Waals surface area contributed by atoms with Crippen molar-refractivity contribution in [2.45, 2.75) is 25.3 Å². The standard InChI is InChI=1S/C16H12O3.C3H5F3O3S/c17-15-7-6-10-4-5-12(9-14(10)15)11-2-1-3-13(8-11)16(18)19;1-2-9-10(7,8)3(4,5)6/h1-5,8-9H,6-7H2,(H,18,19);2H2,1H3. The van der Waals surface area contributed by atoms with Crippen LogP contribution >= 0.6 is 0 Å². The summed E-state index contributed by atoms with van der Waals surface area (Å²) in [6, 6.07) is 12.5. The second kappa shape index (κ2) is 8.75. The highest BCUT2D eigenvalue weighted by molar-refractivity contribution is 7.87. The van der Waals surface area contributed by atoms with E-state index in [1.165, 1.54) is 0 Å². The molecule has 0 saturated carbocycles. The van der Waals surface area contributed by atoms with Gasteiger partial charge in [0.2, 0.25) is 0 Å². The van der Waals surface area contributed by atoms with Crippen LogP contribution in [0.5, 0.6) is 0 Å². The van der Waals surface area contributed by atoms with Gasteiger partial charge in [-0.3, -0.25) is 8.98 Å². The van der Waals surface area contributed by atoms with E-state index in [-0.39, 0.29) is 11.3 Å². The van der Waals surface area contributed by atoms with Gasteiger partial charge in [-0.05, 0) is 48.2 Å². The van der Waals surface area contributed by atoms with Crippen molar-refractivity contribution in [3.63, 3.8) is 0 Å². The molecule has 0 saturated heterocycles. The molecule has 10 heteroatoms. The molecule has 0 unspecified atom stereocenters. The van der Waals surface area contributed by atoms with Gasteiger partial charge in [0, 0.05) is 12.0 Å². The maximum atomic E-state index is 11.7. The quantitative estimate of drug-likeness (QED) is 0.581. The first-order valence-corrected chi connectivity index (χ1v) is 9.82. The Hall–Kier alpha value is -2.72. The summed E-state index contributed by atoms with van der Waals surface area (Å²) in [6.07, 6.45) is 1.39. The fourth-order valence-corrected chi connectivity index (χ4v) is 3.11. The zero-order valence-corrected chi connectivity index (χ0v) is 16.0. The van der Waals surface area contributed by atoms with E-state index in [1.807, 2.05) is 24.3 Å². The van der Waals surface area contributed by atoms with Gasteiger partial charge in [-0.1, -0.05) is 24.3 Å². The Morgan fingerprint density at radius 2 is 1.76 bits per heavy atom. The topological polar surface area (TPSA) is 97.7 Å². The van der Waals surface area contributed by atoms with Crippen molar-refractivity contribution in [2.24, 2.45) is 0 Å². The van der Waals surface area contributed by atoms with Crippen molar-refractivity contribution in [3.05, 3.63) is 59.2 Å². The van der Waals surface area contributed by atoms with Crippen LogP contribution in [0.25, 0.3) is 11.1 Å². The minimum absolute atomic E-state index is 0.172. The van der Waals surface area contributed by atoms with Crippen molar-refractivity contribution in [1.29, 1.82) is 0 Å². The van der Waals surface area contributed by atoms with E-state index in [0.717, 1.165) is 35.6 Å². The number of benzene rings is 2. The Labute approximate surface area is 165 Å². The summed E-state index contributed by atoms with van der Waals surface area (Å²) in [5, 5.41) is 9.00. The Morgan fingerprint density at radius 3 is 2.31 bits per heavy atom. The first kappa shape index (κ1) is 22.6. The number of Topliss-reactive ketones (excluding diaryl/α,β-unsaturated/α-hetero) is 1. The number of ketones is 1. The van der Waals surface area contributed by atoms with Crippen LogP contribution < -0.4 is 0 Å². The van der Waals surface area contributed by atoms with Crippen LogP contribution in [0.2, 0.25) is 0 Å². The molecule has 3 rings (SSSR count). The SMILES string of the molecule is CCOS(=O)(=O)C(F)(F)F.O=C(O)c1cccc(-c2ccc3c(c2)C(=O)CC3)c1.